The Morgan fingerprint density at radius 2 is 2.00 bits per heavy atom. The van der Waals surface area contributed by atoms with E-state index in [2.05, 4.69) is 25.4 Å². The van der Waals surface area contributed by atoms with Crippen molar-refractivity contribution in [2.24, 2.45) is 15.3 Å². The minimum atomic E-state index is 0.0182. The Morgan fingerprint density at radius 1 is 1.24 bits per heavy atom. The van der Waals surface area contributed by atoms with Crippen LogP contribution in [-0.2, 0) is 0 Å². The molecule has 0 amide bonds. The summed E-state index contributed by atoms with van der Waals surface area (Å²) in [6, 6.07) is 9.20. The van der Waals surface area contributed by atoms with E-state index in [-0.39, 0.29) is 5.88 Å². The Bertz CT molecular complexity index is 582. The monoisotopic (exact) mass is 228 g/mol. The number of nitrogens with zero attached hydrogens (tertiary/aromatic N) is 6. The molecule has 0 bridgehead atoms. The van der Waals surface area contributed by atoms with Crippen molar-refractivity contribution in [2.45, 2.75) is 6.92 Å². The van der Waals surface area contributed by atoms with Crippen molar-refractivity contribution in [1.29, 1.82) is 0 Å². The van der Waals surface area contributed by atoms with Crippen LogP contribution in [0.5, 0.6) is 0 Å². The molecule has 0 saturated heterocycles. The molecule has 1 aromatic heterocycles. The van der Waals surface area contributed by atoms with Crippen LogP contribution in [0.2, 0.25) is 0 Å². The predicted octanol–water partition coefficient (Wildman–Crippen LogP) is 4.34. The van der Waals surface area contributed by atoms with Crippen LogP contribution in [0.3, 0.4) is 0 Å². The highest BCUT2D eigenvalue weighted by Gasteiger charge is 2.10. The molecule has 2 aromatic rings. The molecule has 0 atom stereocenters. The first-order chi connectivity index (χ1) is 8.31. The second-order valence-electron chi connectivity index (χ2n) is 3.15. The third-order valence-corrected chi connectivity index (χ3v) is 1.97. The van der Waals surface area contributed by atoms with E-state index < -0.39 is 0 Å². The molecule has 0 spiro atoms. The summed E-state index contributed by atoms with van der Waals surface area (Å²) in [6.45, 7) is 1.69. The summed E-state index contributed by atoms with van der Waals surface area (Å²) >= 11 is 0. The summed E-state index contributed by atoms with van der Waals surface area (Å²) in [5.41, 5.74) is 9.89. The molecule has 7 nitrogen and oxygen atoms in total. The summed E-state index contributed by atoms with van der Waals surface area (Å²) in [5, 5.41) is 14.9. The summed E-state index contributed by atoms with van der Waals surface area (Å²) in [5.74, 6) is 0.0182. The molecule has 7 heteroatoms. The summed E-state index contributed by atoms with van der Waals surface area (Å²) in [4.78, 5) is 2.62. The van der Waals surface area contributed by atoms with Crippen LogP contribution in [0.15, 0.2) is 50.2 Å². The highest BCUT2D eigenvalue weighted by Crippen LogP contribution is 2.32. The van der Waals surface area contributed by atoms with Crippen LogP contribution in [-0.4, -0.2) is 5.16 Å². The van der Waals surface area contributed by atoms with Crippen molar-refractivity contribution in [3.8, 4) is 0 Å². The van der Waals surface area contributed by atoms with Crippen molar-refractivity contribution in [2.75, 3.05) is 0 Å². The standard InChI is InChI=1S/C10H8N6O/c1-7-9(10(14-16-11)17-15-7)13-12-8-5-3-2-4-6-8/h2-6H,1H3. The summed E-state index contributed by atoms with van der Waals surface area (Å²) in [7, 11) is 0. The van der Waals surface area contributed by atoms with Gasteiger partial charge in [0.25, 0.3) is 5.88 Å². The molecule has 17 heavy (non-hydrogen) atoms. The second-order valence-corrected chi connectivity index (χ2v) is 3.15. The number of benzene rings is 1. The van der Waals surface area contributed by atoms with E-state index >= 15 is 0 Å². The van der Waals surface area contributed by atoms with Gasteiger partial charge >= 0.3 is 0 Å². The zero-order valence-electron chi connectivity index (χ0n) is 8.98. The van der Waals surface area contributed by atoms with Crippen LogP contribution >= 0.6 is 0 Å². The van der Waals surface area contributed by atoms with Gasteiger partial charge in [0, 0.05) is 4.91 Å². The number of azide groups is 1. The van der Waals surface area contributed by atoms with Gasteiger partial charge in [0.2, 0.25) is 0 Å². The smallest absolute Gasteiger partial charge is 0.250 e. The average molecular weight is 228 g/mol. The number of aromatic nitrogens is 1. The third-order valence-electron chi connectivity index (χ3n) is 1.97. The quantitative estimate of drug-likeness (QED) is 0.443. The predicted molar refractivity (Wildman–Crippen MR) is 60.7 cm³/mol. The Kier molecular flexibility index (Phi) is 3.13. The molecule has 1 aromatic carbocycles. The number of aryl methyl sites for hydroxylation is 1. The van der Waals surface area contributed by atoms with Crippen LogP contribution < -0.4 is 0 Å². The first kappa shape index (κ1) is 10.8. The normalized spacial score (nSPS) is 10.4. The molecular weight excluding hydrogens is 220 g/mol. The first-order valence-corrected chi connectivity index (χ1v) is 4.79. The minimum absolute atomic E-state index is 0.0182. The van der Waals surface area contributed by atoms with Crippen molar-refractivity contribution >= 4 is 17.3 Å². The van der Waals surface area contributed by atoms with Gasteiger partial charge in [-0.2, -0.15) is 5.11 Å². The van der Waals surface area contributed by atoms with Gasteiger partial charge in [0.15, 0.2) is 5.69 Å². The van der Waals surface area contributed by atoms with Gasteiger partial charge in [0.1, 0.15) is 5.69 Å². The lowest BCUT2D eigenvalue weighted by molar-refractivity contribution is 0.424. The lowest BCUT2D eigenvalue weighted by atomic mass is 10.3. The second kappa shape index (κ2) is 4.91. The van der Waals surface area contributed by atoms with Gasteiger partial charge in [-0.25, -0.2) is 0 Å². The lowest BCUT2D eigenvalue weighted by Crippen LogP contribution is -1.67. The van der Waals surface area contributed by atoms with Gasteiger partial charge < -0.3 is 4.52 Å². The summed E-state index contributed by atoms with van der Waals surface area (Å²) < 4.78 is 4.80. The van der Waals surface area contributed by atoms with Crippen LogP contribution in [0.4, 0.5) is 17.3 Å². The van der Waals surface area contributed by atoms with E-state index in [0.29, 0.717) is 17.1 Å². The highest BCUT2D eigenvalue weighted by molar-refractivity contribution is 5.57. The zero-order chi connectivity index (χ0) is 12.1. The first-order valence-electron chi connectivity index (χ1n) is 4.79. The van der Waals surface area contributed by atoms with E-state index in [1.807, 2.05) is 18.2 Å². The molecule has 1 heterocycles. The van der Waals surface area contributed by atoms with Crippen LogP contribution in [0, 0.1) is 6.92 Å². The van der Waals surface area contributed by atoms with Gasteiger partial charge in [-0.15, -0.1) is 5.11 Å². The van der Waals surface area contributed by atoms with Crippen molar-refractivity contribution in [3.63, 3.8) is 0 Å². The maximum Gasteiger partial charge on any atom is 0.250 e. The van der Waals surface area contributed by atoms with Gasteiger partial charge in [-0.05, 0) is 29.7 Å². The number of rotatable bonds is 3. The molecular formula is C10H8N6O. The van der Waals surface area contributed by atoms with E-state index in [9.17, 15) is 0 Å². The van der Waals surface area contributed by atoms with Gasteiger partial charge in [0.05, 0.1) is 5.69 Å². The number of hydrogen-bond donors (Lipinski definition) is 0. The fourth-order valence-corrected chi connectivity index (χ4v) is 1.18. The molecule has 0 aliphatic carbocycles. The molecule has 0 saturated carbocycles. The summed E-state index contributed by atoms with van der Waals surface area (Å²) in [6.07, 6.45) is 0. The van der Waals surface area contributed by atoms with Crippen molar-refractivity contribution in [1.82, 2.24) is 5.16 Å². The molecule has 2 rings (SSSR count). The largest absolute Gasteiger partial charge is 0.352 e. The average Bonchev–Trinajstić information content (AvgIpc) is 2.70. The fourth-order valence-electron chi connectivity index (χ4n) is 1.18. The molecule has 0 aliphatic heterocycles. The van der Waals surface area contributed by atoms with Gasteiger partial charge in [-0.1, -0.05) is 23.4 Å². The highest BCUT2D eigenvalue weighted by atomic mass is 16.5. The van der Waals surface area contributed by atoms with E-state index in [0.717, 1.165) is 0 Å². The Labute approximate surface area is 96.4 Å². The molecule has 84 valence electrons. The van der Waals surface area contributed by atoms with Gasteiger partial charge in [-0.3, -0.25) is 0 Å². The fraction of sp³-hybridized carbons (Fsp3) is 0.100. The third kappa shape index (κ3) is 2.47. The van der Waals surface area contributed by atoms with Crippen molar-refractivity contribution < 1.29 is 4.52 Å². The zero-order valence-corrected chi connectivity index (χ0v) is 8.98. The Balaban J connectivity index is 2.33. The molecule has 0 unspecified atom stereocenters. The topological polar surface area (TPSA) is 99.5 Å². The minimum Gasteiger partial charge on any atom is -0.352 e. The number of azo groups is 1. The molecule has 0 fully saturated rings. The molecule has 0 radical (unpaired) electrons. The van der Waals surface area contributed by atoms with E-state index in [1.54, 1.807) is 19.1 Å². The SMILES string of the molecule is Cc1noc(N=[N+]=[N-])c1N=Nc1ccccc1. The van der Waals surface area contributed by atoms with Crippen LogP contribution in [0.1, 0.15) is 5.69 Å². The maximum absolute atomic E-state index is 8.34. The number of hydrogen-bond acceptors (Lipinski definition) is 5. The van der Waals surface area contributed by atoms with E-state index in [1.165, 1.54) is 0 Å². The van der Waals surface area contributed by atoms with Crippen molar-refractivity contribution in [3.05, 3.63) is 46.5 Å². The molecule has 0 aliphatic rings. The maximum atomic E-state index is 8.34. The van der Waals surface area contributed by atoms with Crippen LogP contribution in [0.25, 0.3) is 10.4 Å². The molecule has 0 N–H and O–H groups in total. The lowest BCUT2D eigenvalue weighted by Gasteiger charge is -1.90. The Morgan fingerprint density at radius 3 is 2.71 bits per heavy atom. The Hall–Kier alpha value is -2.66. The van der Waals surface area contributed by atoms with E-state index in [4.69, 9.17) is 10.1 Å².